The number of H-pyrrole nitrogens is 1. The number of sulfonamides is 1. The zero-order valence-electron chi connectivity index (χ0n) is 16.4. The summed E-state index contributed by atoms with van der Waals surface area (Å²) in [6.45, 7) is 1.61. The quantitative estimate of drug-likeness (QED) is 0.512. The molecule has 0 bridgehead atoms. The zero-order chi connectivity index (χ0) is 21.7. The minimum absolute atomic E-state index is 0.142. The van der Waals surface area contributed by atoms with E-state index in [-0.39, 0.29) is 24.3 Å². The predicted molar refractivity (Wildman–Crippen MR) is 115 cm³/mol. The molecule has 7 nitrogen and oxygen atoms in total. The summed E-state index contributed by atoms with van der Waals surface area (Å²) in [6, 6.07) is 17.8. The number of carboxylic acids is 1. The summed E-state index contributed by atoms with van der Waals surface area (Å²) in [5, 5.41) is 9.34. The Kier molecular flexibility index (Phi) is 6.37. The van der Waals surface area contributed by atoms with Crippen LogP contribution >= 0.6 is 0 Å². The maximum Gasteiger partial charge on any atom is 0.307 e. The number of aryl methyl sites for hydroxylation is 1. The van der Waals surface area contributed by atoms with Crippen molar-refractivity contribution in [2.75, 3.05) is 4.72 Å². The van der Waals surface area contributed by atoms with Crippen LogP contribution in [0.25, 0.3) is 0 Å². The molecule has 0 aliphatic heterocycles. The molecular weight excluding hydrogens is 404 g/mol. The fourth-order valence-corrected chi connectivity index (χ4v) is 4.53. The van der Waals surface area contributed by atoms with Crippen molar-refractivity contribution in [1.82, 2.24) is 4.98 Å². The summed E-state index contributed by atoms with van der Waals surface area (Å²) in [5.41, 5.74) is 1.81. The smallest absolute Gasteiger partial charge is 0.307 e. The molecule has 0 spiro atoms. The average Bonchev–Trinajstić information content (AvgIpc) is 2.69. The first-order valence-electron chi connectivity index (χ1n) is 9.30. The largest absolute Gasteiger partial charge is 0.481 e. The number of carbonyl (C=O) groups is 1. The van der Waals surface area contributed by atoms with Crippen LogP contribution in [0.2, 0.25) is 0 Å². The van der Waals surface area contributed by atoms with E-state index in [4.69, 9.17) is 0 Å². The van der Waals surface area contributed by atoms with E-state index in [9.17, 15) is 23.1 Å². The SMILES string of the molecule is Cc1[nH]c(=O)c(NS(=O)(=O)Cc2ccccc2)c(Cc2ccccc2)c1CC(=O)O. The number of pyridine rings is 1. The van der Waals surface area contributed by atoms with Gasteiger partial charge in [0.05, 0.1) is 12.2 Å². The van der Waals surface area contributed by atoms with Crippen LogP contribution in [0.3, 0.4) is 0 Å². The van der Waals surface area contributed by atoms with Crippen LogP contribution < -0.4 is 10.3 Å². The van der Waals surface area contributed by atoms with E-state index in [1.807, 2.05) is 30.3 Å². The Labute approximate surface area is 174 Å². The van der Waals surface area contributed by atoms with E-state index in [2.05, 4.69) is 9.71 Å². The Morgan fingerprint density at radius 3 is 2.10 bits per heavy atom. The highest BCUT2D eigenvalue weighted by atomic mass is 32.2. The number of nitrogens with one attached hydrogen (secondary N) is 2. The van der Waals surface area contributed by atoms with E-state index < -0.39 is 21.6 Å². The van der Waals surface area contributed by atoms with Crippen LogP contribution in [0.15, 0.2) is 65.5 Å². The van der Waals surface area contributed by atoms with Crippen molar-refractivity contribution in [2.45, 2.75) is 25.5 Å². The number of carboxylic acid groups (broad SMARTS) is 1. The van der Waals surface area contributed by atoms with Crippen molar-refractivity contribution in [1.29, 1.82) is 0 Å². The molecule has 0 atom stereocenters. The number of hydrogen-bond acceptors (Lipinski definition) is 4. The van der Waals surface area contributed by atoms with Crippen LogP contribution in [-0.4, -0.2) is 24.5 Å². The third kappa shape index (κ3) is 5.36. The molecule has 156 valence electrons. The third-order valence-corrected chi connectivity index (χ3v) is 5.88. The van der Waals surface area contributed by atoms with E-state index in [1.165, 1.54) is 0 Å². The number of rotatable bonds is 8. The maximum absolute atomic E-state index is 12.8. The lowest BCUT2D eigenvalue weighted by Crippen LogP contribution is -2.26. The normalized spacial score (nSPS) is 11.2. The first kappa shape index (κ1) is 21.3. The number of aromatic nitrogens is 1. The molecule has 0 unspecified atom stereocenters. The van der Waals surface area contributed by atoms with Gasteiger partial charge >= 0.3 is 5.97 Å². The van der Waals surface area contributed by atoms with Crippen molar-refractivity contribution < 1.29 is 18.3 Å². The Morgan fingerprint density at radius 2 is 1.53 bits per heavy atom. The van der Waals surface area contributed by atoms with Crippen LogP contribution in [0.1, 0.15) is 27.9 Å². The Hall–Kier alpha value is -3.39. The molecule has 8 heteroatoms. The number of anilines is 1. The second-order valence-corrected chi connectivity index (χ2v) is 8.71. The number of benzene rings is 2. The minimum Gasteiger partial charge on any atom is -0.481 e. The van der Waals surface area contributed by atoms with Crippen molar-refractivity contribution >= 4 is 21.7 Å². The van der Waals surface area contributed by atoms with Crippen LogP contribution in [0, 0.1) is 6.92 Å². The predicted octanol–water partition coefficient (Wildman–Crippen LogP) is 2.84. The summed E-state index contributed by atoms with van der Waals surface area (Å²) in [4.78, 5) is 26.7. The highest BCUT2D eigenvalue weighted by molar-refractivity contribution is 7.91. The summed E-state index contributed by atoms with van der Waals surface area (Å²) < 4.78 is 27.9. The molecule has 3 aromatic rings. The van der Waals surface area contributed by atoms with Crippen LogP contribution in [0.5, 0.6) is 0 Å². The summed E-state index contributed by atoms with van der Waals surface area (Å²) in [7, 11) is -3.90. The lowest BCUT2D eigenvalue weighted by molar-refractivity contribution is -0.136. The van der Waals surface area contributed by atoms with Gasteiger partial charge in [0.15, 0.2) is 0 Å². The van der Waals surface area contributed by atoms with Gasteiger partial charge in [-0.15, -0.1) is 0 Å². The average molecular weight is 426 g/mol. The van der Waals surface area contributed by atoms with E-state index in [0.717, 1.165) is 5.56 Å². The van der Waals surface area contributed by atoms with Gasteiger partial charge in [0.1, 0.15) is 5.69 Å². The maximum atomic E-state index is 12.8. The molecule has 0 fully saturated rings. The third-order valence-electron chi connectivity index (χ3n) is 4.66. The molecular formula is C22H22N2O5S. The molecule has 3 rings (SSSR count). The zero-order valence-corrected chi connectivity index (χ0v) is 17.2. The fraction of sp³-hybridized carbons (Fsp3) is 0.182. The minimum atomic E-state index is -3.90. The van der Waals surface area contributed by atoms with Crippen LogP contribution in [0.4, 0.5) is 5.69 Å². The lowest BCUT2D eigenvalue weighted by Gasteiger charge is -2.17. The molecule has 0 radical (unpaired) electrons. The van der Waals surface area contributed by atoms with Gasteiger partial charge in [-0.25, -0.2) is 8.42 Å². The summed E-state index contributed by atoms with van der Waals surface area (Å²) in [6.07, 6.45) is -0.115. The standard InChI is InChI=1S/C22H22N2O5S/c1-15-18(13-20(25)26)19(12-16-8-4-2-5-9-16)21(22(27)23-15)24-30(28,29)14-17-10-6-3-7-11-17/h2-11,24H,12-14H2,1H3,(H,23,27)(H,25,26). The molecule has 0 aliphatic rings. The summed E-state index contributed by atoms with van der Waals surface area (Å²) in [5.74, 6) is -1.38. The second kappa shape index (κ2) is 8.96. The molecule has 30 heavy (non-hydrogen) atoms. The van der Waals surface area contributed by atoms with Gasteiger partial charge in [0.25, 0.3) is 5.56 Å². The first-order chi connectivity index (χ1) is 14.2. The van der Waals surface area contributed by atoms with Crippen molar-refractivity contribution in [3.05, 3.63) is 99.0 Å². The molecule has 2 aromatic carbocycles. The van der Waals surface area contributed by atoms with E-state index in [1.54, 1.807) is 37.3 Å². The van der Waals surface area contributed by atoms with Crippen molar-refractivity contribution in [3.63, 3.8) is 0 Å². The molecule has 0 saturated carbocycles. The number of aromatic amines is 1. The van der Waals surface area contributed by atoms with Gasteiger partial charge in [-0.1, -0.05) is 60.7 Å². The van der Waals surface area contributed by atoms with Crippen LogP contribution in [-0.2, 0) is 33.4 Å². The van der Waals surface area contributed by atoms with Gasteiger partial charge in [-0.3, -0.25) is 14.3 Å². The van der Waals surface area contributed by atoms with Crippen molar-refractivity contribution in [3.8, 4) is 0 Å². The Morgan fingerprint density at radius 1 is 0.967 bits per heavy atom. The van der Waals surface area contributed by atoms with Gasteiger partial charge in [-0.2, -0.15) is 0 Å². The molecule has 0 saturated heterocycles. The topological polar surface area (TPSA) is 116 Å². The second-order valence-electron chi connectivity index (χ2n) is 6.99. The molecule has 1 aromatic heterocycles. The highest BCUT2D eigenvalue weighted by Crippen LogP contribution is 2.24. The molecule has 0 amide bonds. The van der Waals surface area contributed by atoms with Gasteiger partial charge < -0.3 is 10.1 Å². The highest BCUT2D eigenvalue weighted by Gasteiger charge is 2.22. The van der Waals surface area contributed by atoms with Gasteiger partial charge in [-0.05, 0) is 29.2 Å². The molecule has 3 N–H and O–H groups in total. The Bertz CT molecular complexity index is 1200. The molecule has 1 heterocycles. The van der Waals surface area contributed by atoms with Gasteiger partial charge in [0, 0.05) is 12.1 Å². The number of aliphatic carboxylic acids is 1. The lowest BCUT2D eigenvalue weighted by atomic mass is 9.96. The summed E-state index contributed by atoms with van der Waals surface area (Å²) >= 11 is 0. The number of hydrogen-bond donors (Lipinski definition) is 3. The Balaban J connectivity index is 2.07. The first-order valence-corrected chi connectivity index (χ1v) is 10.9. The fourth-order valence-electron chi connectivity index (χ4n) is 3.30. The molecule has 0 aliphatic carbocycles. The van der Waals surface area contributed by atoms with E-state index >= 15 is 0 Å². The monoisotopic (exact) mass is 426 g/mol. The van der Waals surface area contributed by atoms with Gasteiger partial charge in [0.2, 0.25) is 10.0 Å². The van der Waals surface area contributed by atoms with E-state index in [0.29, 0.717) is 22.4 Å². The van der Waals surface area contributed by atoms with Crippen molar-refractivity contribution in [2.24, 2.45) is 0 Å².